The minimum atomic E-state index is -4.96. The summed E-state index contributed by atoms with van der Waals surface area (Å²) in [6, 6.07) is 6.44. The van der Waals surface area contributed by atoms with Crippen LogP contribution in [0.1, 0.15) is 33.8 Å². The Balaban J connectivity index is 1.55. The molecule has 2 atom stereocenters. The predicted molar refractivity (Wildman–Crippen MR) is 92.8 cm³/mol. The number of nitrogens with zero attached hydrogens (tertiary/aromatic N) is 2. The molecule has 0 radical (unpaired) electrons. The predicted octanol–water partition coefficient (Wildman–Crippen LogP) is 0.309. The fraction of sp³-hybridized carbons (Fsp3) is 0.188. The third-order valence-electron chi connectivity index (χ3n) is 4.49. The van der Waals surface area contributed by atoms with Gasteiger partial charge in [-0.15, -0.1) is 4.28 Å². The van der Waals surface area contributed by atoms with Crippen LogP contribution in [0.25, 0.3) is 0 Å². The normalized spacial score (nSPS) is 20.4. The van der Waals surface area contributed by atoms with Crippen molar-refractivity contribution in [1.29, 1.82) is 0 Å². The summed E-state index contributed by atoms with van der Waals surface area (Å²) in [5.74, 6) is -1.27. The molecule has 2 aliphatic heterocycles. The van der Waals surface area contributed by atoms with Crippen molar-refractivity contribution >= 4 is 28.2 Å². The highest BCUT2D eigenvalue weighted by molar-refractivity contribution is 7.80. The van der Waals surface area contributed by atoms with E-state index in [1.807, 2.05) is 0 Å². The van der Waals surface area contributed by atoms with E-state index < -0.39 is 40.3 Å². The highest BCUT2D eigenvalue weighted by Crippen LogP contribution is 2.44. The van der Waals surface area contributed by atoms with E-state index in [0.29, 0.717) is 16.2 Å². The number of amides is 4. The molecule has 4 amide bonds. The maximum absolute atomic E-state index is 12.7. The van der Waals surface area contributed by atoms with Gasteiger partial charge in [0.15, 0.2) is 6.04 Å². The van der Waals surface area contributed by atoms with Crippen LogP contribution in [0.5, 0.6) is 0 Å². The van der Waals surface area contributed by atoms with Gasteiger partial charge in [0.1, 0.15) is 11.8 Å². The van der Waals surface area contributed by atoms with Gasteiger partial charge in [-0.1, -0.05) is 18.2 Å². The number of rotatable bonds is 4. The second-order valence-electron chi connectivity index (χ2n) is 6.23. The number of hydrazine groups is 1. The van der Waals surface area contributed by atoms with Crippen molar-refractivity contribution in [2.24, 2.45) is 0 Å². The molecular weight excluding hydrogens is 408 g/mol. The van der Waals surface area contributed by atoms with Gasteiger partial charge in [-0.2, -0.15) is 13.5 Å². The average Bonchev–Trinajstić information content (AvgIpc) is 3.26. The molecule has 13 heteroatoms. The van der Waals surface area contributed by atoms with Gasteiger partial charge in [0, 0.05) is 11.1 Å². The number of hydrogen-bond acceptors (Lipinski definition) is 7. The SMILES string of the molecule is O=C(NNC(=O)C1c2occc2C2CN1C(=O)N2OS(=O)(=O)O)c1ccccc1. The summed E-state index contributed by atoms with van der Waals surface area (Å²) in [7, 11) is -4.96. The van der Waals surface area contributed by atoms with Crippen molar-refractivity contribution in [3.63, 3.8) is 0 Å². The topological polar surface area (TPSA) is 158 Å². The number of carbonyl (C=O) groups excluding carboxylic acids is 3. The Bertz CT molecular complexity index is 1080. The number of furan rings is 1. The summed E-state index contributed by atoms with van der Waals surface area (Å²) in [5.41, 5.74) is 5.12. The van der Waals surface area contributed by atoms with Crippen LogP contribution in [0.4, 0.5) is 4.79 Å². The van der Waals surface area contributed by atoms with Gasteiger partial charge in [0.25, 0.3) is 11.8 Å². The number of benzene rings is 1. The maximum Gasteiger partial charge on any atom is 0.418 e. The first-order chi connectivity index (χ1) is 13.8. The molecule has 1 fully saturated rings. The molecule has 2 aliphatic rings. The maximum atomic E-state index is 12.7. The van der Waals surface area contributed by atoms with E-state index in [1.165, 1.54) is 12.3 Å². The zero-order valence-corrected chi connectivity index (χ0v) is 15.3. The Kier molecular flexibility index (Phi) is 4.49. The third-order valence-corrected chi connectivity index (χ3v) is 4.84. The number of carbonyl (C=O) groups is 3. The van der Waals surface area contributed by atoms with Crippen LogP contribution in [0.3, 0.4) is 0 Å². The summed E-state index contributed by atoms with van der Waals surface area (Å²) in [6.07, 6.45) is 1.27. The molecule has 29 heavy (non-hydrogen) atoms. The lowest BCUT2D eigenvalue weighted by Gasteiger charge is -2.28. The standard InChI is InChI=1S/C16H14N4O8S/c21-14(9-4-2-1-3-5-9)17-18-15(22)12-13-10(6-7-27-13)11-8-19(12)16(23)20(11)28-29(24,25)26/h1-7,11-12H,8H2,(H,17,21)(H,18,22)(H,24,25,26). The zero-order valence-electron chi connectivity index (χ0n) is 14.5. The van der Waals surface area contributed by atoms with Crippen LogP contribution in [-0.2, 0) is 19.5 Å². The van der Waals surface area contributed by atoms with Crippen molar-refractivity contribution in [2.45, 2.75) is 12.1 Å². The van der Waals surface area contributed by atoms with E-state index in [9.17, 15) is 22.8 Å². The number of hydroxylamine groups is 2. The lowest BCUT2D eigenvalue weighted by molar-refractivity contribution is -0.127. The van der Waals surface area contributed by atoms with Crippen molar-refractivity contribution < 1.29 is 36.1 Å². The molecule has 12 nitrogen and oxygen atoms in total. The summed E-state index contributed by atoms with van der Waals surface area (Å²) in [5, 5.41) is 0.458. The van der Waals surface area contributed by atoms with Gasteiger partial charge in [-0.25, -0.2) is 4.79 Å². The first-order valence-electron chi connectivity index (χ1n) is 8.25. The molecule has 3 N–H and O–H groups in total. The van der Waals surface area contributed by atoms with Crippen LogP contribution >= 0.6 is 0 Å². The van der Waals surface area contributed by atoms with E-state index in [2.05, 4.69) is 15.1 Å². The first kappa shape index (κ1) is 18.9. The highest BCUT2D eigenvalue weighted by atomic mass is 32.3. The lowest BCUT2D eigenvalue weighted by Crippen LogP contribution is -2.49. The van der Waals surface area contributed by atoms with Crippen LogP contribution < -0.4 is 10.9 Å². The minimum absolute atomic E-state index is 0.0856. The van der Waals surface area contributed by atoms with E-state index in [-0.39, 0.29) is 12.3 Å². The fourth-order valence-electron chi connectivity index (χ4n) is 3.30. The summed E-state index contributed by atoms with van der Waals surface area (Å²) in [6.45, 7) is -0.0917. The van der Waals surface area contributed by atoms with Crippen LogP contribution in [-0.4, -0.2) is 47.3 Å². The second kappa shape index (κ2) is 6.88. The Morgan fingerprint density at radius 3 is 2.59 bits per heavy atom. The number of nitrogens with one attached hydrogen (secondary N) is 2. The first-order valence-corrected chi connectivity index (χ1v) is 9.62. The third kappa shape index (κ3) is 3.41. The molecule has 4 rings (SSSR count). The van der Waals surface area contributed by atoms with Crippen LogP contribution in [0, 0.1) is 0 Å². The molecule has 152 valence electrons. The lowest BCUT2D eigenvalue weighted by atomic mass is 9.98. The van der Waals surface area contributed by atoms with Crippen molar-refractivity contribution in [3.8, 4) is 0 Å². The molecule has 1 aromatic heterocycles. The van der Waals surface area contributed by atoms with Gasteiger partial charge in [-0.05, 0) is 18.2 Å². The molecule has 0 saturated carbocycles. The van der Waals surface area contributed by atoms with Crippen LogP contribution in [0.2, 0.25) is 0 Å². The van der Waals surface area contributed by atoms with Gasteiger partial charge in [0.05, 0.1) is 12.8 Å². The van der Waals surface area contributed by atoms with E-state index in [0.717, 1.165) is 4.90 Å². The summed E-state index contributed by atoms with van der Waals surface area (Å²) in [4.78, 5) is 38.4. The largest absolute Gasteiger partial charge is 0.466 e. The number of urea groups is 1. The minimum Gasteiger partial charge on any atom is -0.466 e. The zero-order chi connectivity index (χ0) is 20.8. The van der Waals surface area contributed by atoms with Gasteiger partial charge < -0.3 is 9.32 Å². The molecule has 0 spiro atoms. The molecule has 2 bridgehead atoms. The number of fused-ring (bicyclic) bond motifs is 4. The van der Waals surface area contributed by atoms with Gasteiger partial charge in [0.2, 0.25) is 0 Å². The average molecular weight is 422 g/mol. The molecule has 2 unspecified atom stereocenters. The molecule has 0 aliphatic carbocycles. The van der Waals surface area contributed by atoms with Crippen molar-refractivity contribution in [3.05, 3.63) is 59.5 Å². The fourth-order valence-corrected chi connectivity index (χ4v) is 3.67. The molecule has 1 aromatic carbocycles. The Morgan fingerprint density at radius 2 is 1.90 bits per heavy atom. The van der Waals surface area contributed by atoms with E-state index >= 15 is 0 Å². The highest BCUT2D eigenvalue weighted by Gasteiger charge is 2.53. The van der Waals surface area contributed by atoms with Gasteiger partial charge >= 0.3 is 16.4 Å². The smallest absolute Gasteiger partial charge is 0.418 e. The molecule has 2 aromatic rings. The summed E-state index contributed by atoms with van der Waals surface area (Å²) >= 11 is 0. The van der Waals surface area contributed by atoms with E-state index in [4.69, 9.17) is 8.97 Å². The second-order valence-corrected chi connectivity index (χ2v) is 7.24. The molecule has 1 saturated heterocycles. The number of hydrogen-bond donors (Lipinski definition) is 3. The Morgan fingerprint density at radius 1 is 1.17 bits per heavy atom. The van der Waals surface area contributed by atoms with E-state index in [1.54, 1.807) is 30.3 Å². The molecule has 3 heterocycles. The molecular formula is C16H14N4O8S. The van der Waals surface area contributed by atoms with Crippen molar-refractivity contribution in [2.75, 3.05) is 6.54 Å². The van der Waals surface area contributed by atoms with Crippen molar-refractivity contribution in [1.82, 2.24) is 20.8 Å². The monoisotopic (exact) mass is 422 g/mol. The Labute approximate surface area is 163 Å². The van der Waals surface area contributed by atoms with Gasteiger partial charge in [-0.3, -0.25) is 25.0 Å². The van der Waals surface area contributed by atoms with Crippen LogP contribution in [0.15, 0.2) is 47.1 Å². The quantitative estimate of drug-likeness (QED) is 0.469. The Hall–Kier alpha value is -3.42. The summed E-state index contributed by atoms with van der Waals surface area (Å²) < 4.78 is 40.8.